The number of nitrogens with one attached hydrogen (secondary N) is 1. The van der Waals surface area contributed by atoms with Crippen LogP contribution in [0.1, 0.15) is 5.56 Å². The average molecular weight is 419 g/mol. The zero-order valence-corrected chi connectivity index (χ0v) is 16.7. The Hall–Kier alpha value is -2.63. The van der Waals surface area contributed by atoms with Crippen molar-refractivity contribution < 1.29 is 8.42 Å². The minimum absolute atomic E-state index is 0.266. The number of anilines is 1. The molecule has 9 nitrogen and oxygen atoms in total. The molecule has 3 aromatic rings. The Morgan fingerprint density at radius 1 is 1.11 bits per heavy atom. The van der Waals surface area contributed by atoms with Gasteiger partial charge in [-0.25, -0.2) is 23.5 Å². The monoisotopic (exact) mass is 418 g/mol. The molecule has 0 aliphatic carbocycles. The highest BCUT2D eigenvalue weighted by Gasteiger charge is 2.30. The normalized spacial score (nSPS) is 15.7. The van der Waals surface area contributed by atoms with Crippen molar-refractivity contribution in [3.05, 3.63) is 52.7 Å². The molecular weight excluding hydrogens is 400 g/mol. The number of hydrogen-bond acceptors (Lipinski definition) is 8. The Morgan fingerprint density at radius 2 is 1.89 bits per heavy atom. The first-order valence-electron chi connectivity index (χ1n) is 8.63. The zero-order valence-electron chi connectivity index (χ0n) is 15.1. The van der Waals surface area contributed by atoms with Gasteiger partial charge in [0.15, 0.2) is 0 Å². The van der Waals surface area contributed by atoms with Crippen LogP contribution in [0.15, 0.2) is 45.8 Å². The molecule has 4 rings (SSSR count). The Balaban J connectivity index is 1.50. The first-order valence-corrected chi connectivity index (χ1v) is 10.9. The van der Waals surface area contributed by atoms with Crippen molar-refractivity contribution in [1.29, 1.82) is 0 Å². The minimum Gasteiger partial charge on any atom is -0.354 e. The smallest absolute Gasteiger partial charge is 0.264 e. The third-order valence-corrected chi connectivity index (χ3v) is 7.99. The maximum atomic E-state index is 13.0. The van der Waals surface area contributed by atoms with Gasteiger partial charge < -0.3 is 4.90 Å². The van der Waals surface area contributed by atoms with Crippen LogP contribution < -0.4 is 10.5 Å². The number of aryl methyl sites for hydroxylation is 1. The summed E-state index contributed by atoms with van der Waals surface area (Å²) >= 11 is 1.14. The van der Waals surface area contributed by atoms with Crippen LogP contribution in [-0.4, -0.2) is 59.1 Å². The Morgan fingerprint density at radius 3 is 2.57 bits per heavy atom. The highest BCUT2D eigenvalue weighted by atomic mass is 32.2. The molecule has 0 spiro atoms. The van der Waals surface area contributed by atoms with E-state index in [-0.39, 0.29) is 9.77 Å². The number of aromatic amines is 1. The maximum Gasteiger partial charge on any atom is 0.264 e. The van der Waals surface area contributed by atoms with Crippen LogP contribution in [0.2, 0.25) is 0 Å². The minimum atomic E-state index is -3.58. The number of hydrogen-bond donors (Lipinski definition) is 1. The molecule has 0 atom stereocenters. The highest BCUT2D eigenvalue weighted by Crippen LogP contribution is 2.31. The molecule has 0 bridgehead atoms. The molecule has 0 aromatic carbocycles. The summed E-state index contributed by atoms with van der Waals surface area (Å²) in [5.74, 6) is 0.842. The molecule has 1 fully saturated rings. The molecule has 1 aliphatic heterocycles. The van der Waals surface area contributed by atoms with Crippen molar-refractivity contribution in [2.75, 3.05) is 31.1 Å². The van der Waals surface area contributed by atoms with E-state index in [4.69, 9.17) is 0 Å². The van der Waals surface area contributed by atoms with E-state index in [0.29, 0.717) is 36.8 Å². The molecule has 0 unspecified atom stereocenters. The van der Waals surface area contributed by atoms with Crippen molar-refractivity contribution in [2.24, 2.45) is 0 Å². The van der Waals surface area contributed by atoms with Crippen molar-refractivity contribution in [3.8, 4) is 10.6 Å². The van der Waals surface area contributed by atoms with Crippen molar-refractivity contribution >= 4 is 27.2 Å². The topological polar surface area (TPSA) is 112 Å². The summed E-state index contributed by atoms with van der Waals surface area (Å²) in [7, 11) is -3.58. The fraction of sp³-hybridized carbons (Fsp3) is 0.294. The molecule has 0 saturated carbocycles. The molecule has 1 aliphatic rings. The summed E-state index contributed by atoms with van der Waals surface area (Å²) in [6.45, 7) is 3.84. The molecular formula is C17H18N6O3S2. The predicted molar refractivity (Wildman–Crippen MR) is 106 cm³/mol. The molecule has 0 radical (unpaired) electrons. The van der Waals surface area contributed by atoms with Crippen LogP contribution in [0.5, 0.6) is 0 Å². The third-order valence-electron chi connectivity index (χ3n) is 4.51. The number of thiophene rings is 1. The van der Waals surface area contributed by atoms with Crippen molar-refractivity contribution in [2.45, 2.75) is 11.1 Å². The molecule has 1 N–H and O–H groups in total. The summed E-state index contributed by atoms with van der Waals surface area (Å²) in [4.78, 5) is 22.2. The van der Waals surface area contributed by atoms with Gasteiger partial charge in [-0.05, 0) is 25.1 Å². The second-order valence-electron chi connectivity index (χ2n) is 6.35. The van der Waals surface area contributed by atoms with E-state index < -0.39 is 10.0 Å². The van der Waals surface area contributed by atoms with E-state index in [2.05, 4.69) is 25.1 Å². The van der Waals surface area contributed by atoms with Gasteiger partial charge in [-0.2, -0.15) is 9.40 Å². The van der Waals surface area contributed by atoms with E-state index in [1.807, 2.05) is 6.92 Å². The Kier molecular flexibility index (Phi) is 4.96. The third kappa shape index (κ3) is 3.55. The fourth-order valence-corrected chi connectivity index (χ4v) is 5.92. The van der Waals surface area contributed by atoms with Crippen LogP contribution in [0.4, 0.5) is 5.82 Å². The van der Waals surface area contributed by atoms with Gasteiger partial charge in [-0.15, -0.1) is 11.3 Å². The Labute approximate surface area is 165 Å². The quantitative estimate of drug-likeness (QED) is 0.675. The van der Waals surface area contributed by atoms with E-state index in [9.17, 15) is 13.2 Å². The molecule has 4 heterocycles. The van der Waals surface area contributed by atoms with Gasteiger partial charge >= 0.3 is 0 Å². The predicted octanol–water partition coefficient (Wildman–Crippen LogP) is 1.11. The lowest BCUT2D eigenvalue weighted by Gasteiger charge is -2.34. The summed E-state index contributed by atoms with van der Waals surface area (Å²) in [6, 6.07) is 6.23. The number of H-pyrrole nitrogens is 1. The van der Waals surface area contributed by atoms with E-state index in [1.165, 1.54) is 16.7 Å². The molecule has 11 heteroatoms. The van der Waals surface area contributed by atoms with E-state index >= 15 is 0 Å². The van der Waals surface area contributed by atoms with E-state index in [1.54, 1.807) is 24.4 Å². The Bertz CT molecular complexity index is 1130. The van der Waals surface area contributed by atoms with Crippen LogP contribution >= 0.6 is 11.3 Å². The molecule has 0 amide bonds. The van der Waals surface area contributed by atoms with Crippen LogP contribution in [0, 0.1) is 6.92 Å². The number of nitrogens with zero attached hydrogens (tertiary/aromatic N) is 5. The van der Waals surface area contributed by atoms with Gasteiger partial charge in [0.1, 0.15) is 22.0 Å². The fourth-order valence-electron chi connectivity index (χ4n) is 3.07. The number of piperazine rings is 1. The second-order valence-corrected chi connectivity index (χ2v) is 9.59. The van der Waals surface area contributed by atoms with Gasteiger partial charge in [0.05, 0.1) is 4.88 Å². The van der Waals surface area contributed by atoms with Crippen LogP contribution in [-0.2, 0) is 10.0 Å². The summed E-state index contributed by atoms with van der Waals surface area (Å²) in [5, 5.41) is 6.31. The standard InChI is InChI=1S/C17H18N6O3S2/c1-12-10-18-11-19-17(12)22-6-8-23(9-7-22)28(25,26)16-5-3-14(27-16)13-2-4-15(24)21-20-13/h2-5,10-11H,6-9H2,1H3,(H,21,24). The van der Waals surface area contributed by atoms with Gasteiger partial charge in [-0.1, -0.05) is 0 Å². The SMILES string of the molecule is Cc1cncnc1N1CCN(S(=O)(=O)c2ccc(-c3ccc(=O)[nH]n3)s2)CC1. The molecule has 3 aromatic heterocycles. The molecule has 1 saturated heterocycles. The highest BCUT2D eigenvalue weighted by molar-refractivity contribution is 7.91. The van der Waals surface area contributed by atoms with Gasteiger partial charge in [0, 0.05) is 44.0 Å². The largest absolute Gasteiger partial charge is 0.354 e. The molecule has 28 heavy (non-hydrogen) atoms. The lowest BCUT2D eigenvalue weighted by atomic mass is 10.3. The van der Waals surface area contributed by atoms with Crippen LogP contribution in [0.3, 0.4) is 0 Å². The average Bonchev–Trinajstić information content (AvgIpc) is 3.20. The lowest BCUT2D eigenvalue weighted by Crippen LogP contribution is -2.49. The first kappa shape index (κ1) is 18.7. The summed E-state index contributed by atoms with van der Waals surface area (Å²) in [6.07, 6.45) is 3.26. The molecule has 146 valence electrons. The second kappa shape index (κ2) is 7.41. The number of aromatic nitrogens is 4. The first-order chi connectivity index (χ1) is 13.4. The van der Waals surface area contributed by atoms with Crippen molar-refractivity contribution in [3.63, 3.8) is 0 Å². The van der Waals surface area contributed by atoms with Crippen molar-refractivity contribution in [1.82, 2.24) is 24.5 Å². The zero-order chi connectivity index (χ0) is 19.7. The summed E-state index contributed by atoms with van der Waals surface area (Å²) < 4.78 is 27.8. The lowest BCUT2D eigenvalue weighted by molar-refractivity contribution is 0.384. The van der Waals surface area contributed by atoms with Crippen LogP contribution in [0.25, 0.3) is 10.6 Å². The summed E-state index contributed by atoms with van der Waals surface area (Å²) in [5.41, 5.74) is 1.20. The number of sulfonamides is 1. The van der Waals surface area contributed by atoms with Gasteiger partial charge in [-0.3, -0.25) is 4.79 Å². The number of rotatable bonds is 4. The van der Waals surface area contributed by atoms with E-state index in [0.717, 1.165) is 22.7 Å². The maximum absolute atomic E-state index is 13.0. The van der Waals surface area contributed by atoms with Gasteiger partial charge in [0.25, 0.3) is 15.6 Å². The van der Waals surface area contributed by atoms with Gasteiger partial charge in [0.2, 0.25) is 0 Å².